The number of aromatic nitrogens is 3. The van der Waals surface area contributed by atoms with Gasteiger partial charge in [-0.2, -0.15) is 13.2 Å². The molecule has 2 heterocycles. The van der Waals surface area contributed by atoms with Gasteiger partial charge in [-0.05, 0) is 31.9 Å². The molecular weight excluding hydrogens is 343 g/mol. The lowest BCUT2D eigenvalue weighted by Crippen LogP contribution is -2.13. The van der Waals surface area contributed by atoms with Gasteiger partial charge in [0.1, 0.15) is 4.60 Å². The van der Waals surface area contributed by atoms with Crippen LogP contribution in [0.5, 0.6) is 0 Å². The molecule has 0 aliphatic rings. The standard InChI is InChI=1S/C7H2Br2F3N3/c8-4-3(7(10,11)12)15-2-1-13-6(15)5(9)14-4/h1-2H. The number of halogens is 5. The molecule has 0 bridgehead atoms. The molecule has 0 aliphatic heterocycles. The number of alkyl halides is 3. The van der Waals surface area contributed by atoms with E-state index >= 15 is 0 Å². The van der Waals surface area contributed by atoms with E-state index in [1.807, 2.05) is 0 Å². The van der Waals surface area contributed by atoms with E-state index in [-0.39, 0.29) is 14.9 Å². The second-order valence-electron chi connectivity index (χ2n) is 2.66. The molecule has 0 saturated heterocycles. The number of rotatable bonds is 0. The van der Waals surface area contributed by atoms with E-state index in [9.17, 15) is 13.2 Å². The summed E-state index contributed by atoms with van der Waals surface area (Å²) < 4.78 is 38.9. The third-order valence-corrected chi connectivity index (χ3v) is 2.81. The van der Waals surface area contributed by atoms with Gasteiger partial charge in [0.05, 0.1) is 0 Å². The Bertz CT molecular complexity index is 520. The molecule has 0 spiro atoms. The third-order valence-electron chi connectivity index (χ3n) is 1.73. The highest BCUT2D eigenvalue weighted by Gasteiger charge is 2.37. The van der Waals surface area contributed by atoms with Gasteiger partial charge < -0.3 is 0 Å². The molecule has 0 unspecified atom stereocenters. The van der Waals surface area contributed by atoms with Crippen LogP contribution < -0.4 is 0 Å². The molecule has 2 aromatic heterocycles. The van der Waals surface area contributed by atoms with Gasteiger partial charge in [0.25, 0.3) is 0 Å². The van der Waals surface area contributed by atoms with Gasteiger partial charge in [-0.25, -0.2) is 9.97 Å². The fourth-order valence-corrected chi connectivity index (χ4v) is 2.48. The van der Waals surface area contributed by atoms with Gasteiger partial charge in [0.2, 0.25) is 0 Å². The number of imidazole rings is 1. The number of hydrogen-bond acceptors (Lipinski definition) is 2. The van der Waals surface area contributed by atoms with E-state index in [2.05, 4.69) is 41.8 Å². The maximum Gasteiger partial charge on any atom is 0.434 e. The zero-order valence-corrected chi connectivity index (χ0v) is 10.1. The fourth-order valence-electron chi connectivity index (χ4n) is 1.18. The summed E-state index contributed by atoms with van der Waals surface area (Å²) in [6.45, 7) is 0. The van der Waals surface area contributed by atoms with Crippen molar-refractivity contribution in [1.29, 1.82) is 0 Å². The molecule has 0 radical (unpaired) electrons. The molecule has 2 rings (SSSR count). The summed E-state index contributed by atoms with van der Waals surface area (Å²) in [5.74, 6) is 0. The van der Waals surface area contributed by atoms with E-state index in [0.717, 1.165) is 4.40 Å². The van der Waals surface area contributed by atoms with Gasteiger partial charge >= 0.3 is 6.18 Å². The Kier molecular flexibility index (Phi) is 2.50. The van der Waals surface area contributed by atoms with Crippen LogP contribution in [0.25, 0.3) is 5.65 Å². The Balaban J connectivity index is 2.89. The summed E-state index contributed by atoms with van der Waals surface area (Å²) in [5, 5.41) is 0. The molecule has 0 fully saturated rings. The topological polar surface area (TPSA) is 30.2 Å². The molecule has 0 aliphatic carbocycles. The smallest absolute Gasteiger partial charge is 0.291 e. The summed E-state index contributed by atoms with van der Waals surface area (Å²) in [4.78, 5) is 7.44. The molecule has 8 heteroatoms. The van der Waals surface area contributed by atoms with Crippen molar-refractivity contribution in [2.24, 2.45) is 0 Å². The minimum absolute atomic E-state index is 0.130. The van der Waals surface area contributed by atoms with E-state index in [0.29, 0.717) is 0 Å². The van der Waals surface area contributed by atoms with Crippen molar-refractivity contribution in [2.45, 2.75) is 6.18 Å². The highest BCUT2D eigenvalue weighted by Crippen LogP contribution is 2.35. The molecule has 0 N–H and O–H groups in total. The third kappa shape index (κ3) is 1.76. The molecule has 0 aromatic carbocycles. The van der Waals surface area contributed by atoms with Crippen LogP contribution in [0.1, 0.15) is 5.69 Å². The van der Waals surface area contributed by atoms with Crippen molar-refractivity contribution in [3.8, 4) is 0 Å². The van der Waals surface area contributed by atoms with Crippen LogP contribution in [-0.2, 0) is 6.18 Å². The SMILES string of the molecule is FC(F)(F)c1c(Br)nc(Br)c2nccn12. The van der Waals surface area contributed by atoms with E-state index < -0.39 is 11.9 Å². The molecule has 3 nitrogen and oxygen atoms in total. The first-order chi connectivity index (χ1) is 6.91. The number of fused-ring (bicyclic) bond motifs is 1. The Labute approximate surface area is 98.6 Å². The van der Waals surface area contributed by atoms with Crippen molar-refractivity contribution in [2.75, 3.05) is 0 Å². The van der Waals surface area contributed by atoms with Gasteiger partial charge in [0, 0.05) is 12.4 Å². The lowest BCUT2D eigenvalue weighted by atomic mass is 10.4. The average molecular weight is 345 g/mol. The average Bonchev–Trinajstić information content (AvgIpc) is 2.49. The zero-order chi connectivity index (χ0) is 11.2. The van der Waals surface area contributed by atoms with E-state index in [1.54, 1.807) is 0 Å². The quantitative estimate of drug-likeness (QED) is 0.734. The van der Waals surface area contributed by atoms with Crippen LogP contribution in [0.15, 0.2) is 21.6 Å². The Morgan fingerprint density at radius 2 is 1.87 bits per heavy atom. The number of hydrogen-bond donors (Lipinski definition) is 0. The molecule has 0 saturated carbocycles. The van der Waals surface area contributed by atoms with Crippen LogP contribution in [0.2, 0.25) is 0 Å². The van der Waals surface area contributed by atoms with E-state index in [4.69, 9.17) is 0 Å². The normalized spacial score (nSPS) is 12.3. The summed E-state index contributed by atoms with van der Waals surface area (Å²) in [6, 6.07) is 0. The Morgan fingerprint density at radius 3 is 2.47 bits per heavy atom. The van der Waals surface area contributed by atoms with Gasteiger partial charge in [-0.1, -0.05) is 0 Å². The molecule has 15 heavy (non-hydrogen) atoms. The predicted octanol–water partition coefficient (Wildman–Crippen LogP) is 3.27. The van der Waals surface area contributed by atoms with Crippen molar-refractivity contribution in [3.05, 3.63) is 27.3 Å². The molecular formula is C7H2Br2F3N3. The van der Waals surface area contributed by atoms with Gasteiger partial charge in [-0.3, -0.25) is 4.40 Å². The maximum absolute atomic E-state index is 12.7. The fraction of sp³-hybridized carbons (Fsp3) is 0.143. The summed E-state index contributed by atoms with van der Waals surface area (Å²) in [6.07, 6.45) is -1.97. The summed E-state index contributed by atoms with van der Waals surface area (Å²) in [7, 11) is 0. The monoisotopic (exact) mass is 343 g/mol. The van der Waals surface area contributed by atoms with Crippen LogP contribution in [0.3, 0.4) is 0 Å². The van der Waals surface area contributed by atoms with Crippen LogP contribution in [-0.4, -0.2) is 14.4 Å². The largest absolute Gasteiger partial charge is 0.434 e. The van der Waals surface area contributed by atoms with Crippen LogP contribution >= 0.6 is 31.9 Å². The van der Waals surface area contributed by atoms with E-state index in [1.165, 1.54) is 12.4 Å². The highest BCUT2D eigenvalue weighted by atomic mass is 79.9. The Morgan fingerprint density at radius 1 is 1.20 bits per heavy atom. The molecule has 2 aromatic rings. The Hall–Kier alpha value is -0.630. The predicted molar refractivity (Wildman–Crippen MR) is 53.4 cm³/mol. The van der Waals surface area contributed by atoms with Gasteiger partial charge in [-0.15, -0.1) is 0 Å². The first kappa shape index (κ1) is 10.9. The molecule has 80 valence electrons. The molecule has 0 amide bonds. The van der Waals surface area contributed by atoms with Crippen molar-refractivity contribution in [3.63, 3.8) is 0 Å². The first-order valence-corrected chi connectivity index (χ1v) is 5.25. The maximum atomic E-state index is 12.7. The lowest BCUT2D eigenvalue weighted by Gasteiger charge is -2.11. The summed E-state index contributed by atoms with van der Waals surface area (Å²) in [5.41, 5.74) is -0.747. The minimum Gasteiger partial charge on any atom is -0.291 e. The second kappa shape index (κ2) is 3.44. The lowest BCUT2D eigenvalue weighted by molar-refractivity contribution is -0.143. The van der Waals surface area contributed by atoms with Gasteiger partial charge in [0.15, 0.2) is 15.9 Å². The molecule has 0 atom stereocenters. The highest BCUT2D eigenvalue weighted by molar-refractivity contribution is 9.11. The first-order valence-electron chi connectivity index (χ1n) is 3.66. The van der Waals surface area contributed by atoms with Crippen LogP contribution in [0.4, 0.5) is 13.2 Å². The number of nitrogens with zero attached hydrogens (tertiary/aromatic N) is 3. The second-order valence-corrected chi connectivity index (χ2v) is 4.16. The minimum atomic E-state index is -4.48. The van der Waals surface area contributed by atoms with Crippen LogP contribution in [0, 0.1) is 0 Å². The van der Waals surface area contributed by atoms with Crippen molar-refractivity contribution >= 4 is 37.5 Å². The van der Waals surface area contributed by atoms with Crippen molar-refractivity contribution < 1.29 is 13.2 Å². The summed E-state index contributed by atoms with van der Waals surface area (Å²) >= 11 is 5.81. The zero-order valence-electron chi connectivity index (χ0n) is 6.89. The van der Waals surface area contributed by atoms with Crippen molar-refractivity contribution in [1.82, 2.24) is 14.4 Å².